The summed E-state index contributed by atoms with van der Waals surface area (Å²) >= 11 is 0. The van der Waals surface area contributed by atoms with E-state index in [9.17, 15) is 9.59 Å². The van der Waals surface area contributed by atoms with Gasteiger partial charge in [0.2, 0.25) is 0 Å². The highest BCUT2D eigenvalue weighted by molar-refractivity contribution is 5.95. The fraction of sp³-hybridized carbons (Fsp3) is 0.500. The van der Waals surface area contributed by atoms with E-state index in [1.54, 1.807) is 17.0 Å². The Hall–Kier alpha value is -1.95. The number of rotatable bonds is 3. The summed E-state index contributed by atoms with van der Waals surface area (Å²) in [6.45, 7) is 1.42. The molecule has 2 amide bonds. The number of hydrogen-bond acceptors (Lipinski definition) is 4. The molecule has 1 unspecified atom stereocenters. The van der Waals surface area contributed by atoms with Gasteiger partial charge in [-0.2, -0.15) is 0 Å². The number of likely N-dealkylation sites (N-methyl/N-ethyl adjacent to an activating group) is 1. The number of hydrogen-bond donors (Lipinski definition) is 1. The minimum absolute atomic E-state index is 0.122. The zero-order valence-electron chi connectivity index (χ0n) is 11.9. The third-order valence-electron chi connectivity index (χ3n) is 3.63. The summed E-state index contributed by atoms with van der Waals surface area (Å²) < 4.78 is 0. The topological polar surface area (TPSA) is 79.5 Å². The predicted octanol–water partition coefficient (Wildman–Crippen LogP) is 0.347. The molecule has 0 bridgehead atoms. The molecule has 1 saturated heterocycles. The van der Waals surface area contributed by atoms with Gasteiger partial charge in [0, 0.05) is 19.1 Å². The maximum atomic E-state index is 12.4. The molecule has 0 spiro atoms. The number of carbonyl (C=O) groups excluding carboxylic acids is 2. The monoisotopic (exact) mass is 276 g/mol. The van der Waals surface area contributed by atoms with Crippen LogP contribution in [-0.4, -0.2) is 59.8 Å². The SMILES string of the molecule is CN(C)C1CCCN(C(=O)c2cccc(C(N)=O)n2)C1. The van der Waals surface area contributed by atoms with Crippen LogP contribution in [0.15, 0.2) is 18.2 Å². The van der Waals surface area contributed by atoms with Gasteiger partial charge < -0.3 is 15.5 Å². The molecule has 0 radical (unpaired) electrons. The summed E-state index contributed by atoms with van der Waals surface area (Å²) in [6, 6.07) is 5.13. The molecule has 108 valence electrons. The Kier molecular flexibility index (Phi) is 4.34. The van der Waals surface area contributed by atoms with E-state index in [1.165, 1.54) is 6.07 Å². The molecule has 2 N–H and O–H groups in total. The predicted molar refractivity (Wildman–Crippen MR) is 75.4 cm³/mol. The number of nitrogens with two attached hydrogens (primary N) is 1. The van der Waals surface area contributed by atoms with Crippen molar-refractivity contribution in [2.45, 2.75) is 18.9 Å². The molecule has 1 aliphatic heterocycles. The second-order valence-corrected chi connectivity index (χ2v) is 5.28. The first kappa shape index (κ1) is 14.5. The second kappa shape index (κ2) is 6.00. The van der Waals surface area contributed by atoms with Crippen LogP contribution in [0, 0.1) is 0 Å². The summed E-state index contributed by atoms with van der Waals surface area (Å²) in [5, 5.41) is 0. The third kappa shape index (κ3) is 3.14. The van der Waals surface area contributed by atoms with E-state index in [4.69, 9.17) is 5.73 Å². The Morgan fingerprint density at radius 3 is 2.70 bits per heavy atom. The molecular weight excluding hydrogens is 256 g/mol. The van der Waals surface area contributed by atoms with Crippen LogP contribution in [0.2, 0.25) is 0 Å². The van der Waals surface area contributed by atoms with Crippen LogP contribution in [0.5, 0.6) is 0 Å². The molecule has 1 atom stereocenters. The maximum absolute atomic E-state index is 12.4. The van der Waals surface area contributed by atoms with E-state index in [0.717, 1.165) is 19.4 Å². The Balaban J connectivity index is 2.14. The van der Waals surface area contributed by atoms with Crippen LogP contribution >= 0.6 is 0 Å². The number of aromatic nitrogens is 1. The Morgan fingerprint density at radius 1 is 1.35 bits per heavy atom. The molecular formula is C14H20N4O2. The number of carbonyl (C=O) groups is 2. The van der Waals surface area contributed by atoms with Gasteiger partial charge in [0.05, 0.1) is 0 Å². The van der Waals surface area contributed by atoms with Gasteiger partial charge >= 0.3 is 0 Å². The van der Waals surface area contributed by atoms with Crippen molar-refractivity contribution in [1.29, 1.82) is 0 Å². The first-order chi connectivity index (χ1) is 9.49. The maximum Gasteiger partial charge on any atom is 0.272 e. The minimum atomic E-state index is -0.621. The lowest BCUT2D eigenvalue weighted by Crippen LogP contribution is -2.47. The third-order valence-corrected chi connectivity index (χ3v) is 3.63. The zero-order chi connectivity index (χ0) is 14.7. The summed E-state index contributed by atoms with van der Waals surface area (Å²) in [6.07, 6.45) is 2.07. The number of amides is 2. The Morgan fingerprint density at radius 2 is 2.05 bits per heavy atom. The highest BCUT2D eigenvalue weighted by atomic mass is 16.2. The molecule has 1 fully saturated rings. The fourth-order valence-electron chi connectivity index (χ4n) is 2.41. The number of primary amides is 1. The summed E-state index contributed by atoms with van der Waals surface area (Å²) in [4.78, 5) is 31.5. The lowest BCUT2D eigenvalue weighted by Gasteiger charge is -2.36. The second-order valence-electron chi connectivity index (χ2n) is 5.28. The number of likely N-dealkylation sites (tertiary alicyclic amines) is 1. The molecule has 1 aliphatic rings. The van der Waals surface area contributed by atoms with Crippen molar-refractivity contribution in [1.82, 2.24) is 14.8 Å². The lowest BCUT2D eigenvalue weighted by molar-refractivity contribution is 0.0629. The fourth-order valence-corrected chi connectivity index (χ4v) is 2.41. The van der Waals surface area contributed by atoms with Gasteiger partial charge in [0.15, 0.2) is 0 Å². The van der Waals surface area contributed by atoms with Gasteiger partial charge in [-0.1, -0.05) is 6.07 Å². The van der Waals surface area contributed by atoms with Gasteiger partial charge in [0.1, 0.15) is 11.4 Å². The zero-order valence-corrected chi connectivity index (χ0v) is 11.9. The van der Waals surface area contributed by atoms with Gasteiger partial charge in [-0.05, 0) is 39.1 Å². The van der Waals surface area contributed by atoms with Crippen molar-refractivity contribution in [3.63, 3.8) is 0 Å². The molecule has 2 heterocycles. The van der Waals surface area contributed by atoms with Crippen molar-refractivity contribution in [3.8, 4) is 0 Å². The molecule has 6 heteroatoms. The van der Waals surface area contributed by atoms with Gasteiger partial charge in [-0.15, -0.1) is 0 Å². The van der Waals surface area contributed by atoms with Crippen LogP contribution in [0.25, 0.3) is 0 Å². The van der Waals surface area contributed by atoms with E-state index in [0.29, 0.717) is 12.6 Å². The molecule has 0 aliphatic carbocycles. The van der Waals surface area contributed by atoms with Gasteiger partial charge in [-0.3, -0.25) is 9.59 Å². The van der Waals surface area contributed by atoms with Crippen LogP contribution in [0.1, 0.15) is 33.8 Å². The van der Waals surface area contributed by atoms with Crippen molar-refractivity contribution in [2.24, 2.45) is 5.73 Å². The van der Waals surface area contributed by atoms with E-state index in [-0.39, 0.29) is 17.3 Å². The van der Waals surface area contributed by atoms with Crippen molar-refractivity contribution in [3.05, 3.63) is 29.6 Å². The minimum Gasteiger partial charge on any atom is -0.364 e. The van der Waals surface area contributed by atoms with Crippen molar-refractivity contribution in [2.75, 3.05) is 27.2 Å². The molecule has 0 saturated carbocycles. The molecule has 1 aromatic heterocycles. The quantitative estimate of drug-likeness (QED) is 0.863. The summed E-state index contributed by atoms with van der Waals surface area (Å²) in [5.41, 5.74) is 5.59. The molecule has 6 nitrogen and oxygen atoms in total. The molecule has 20 heavy (non-hydrogen) atoms. The largest absolute Gasteiger partial charge is 0.364 e. The van der Waals surface area contributed by atoms with Crippen molar-refractivity contribution >= 4 is 11.8 Å². The normalized spacial score (nSPS) is 19.1. The molecule has 0 aromatic carbocycles. The average Bonchev–Trinajstić information content (AvgIpc) is 2.46. The van der Waals surface area contributed by atoms with Crippen LogP contribution < -0.4 is 5.73 Å². The van der Waals surface area contributed by atoms with Gasteiger partial charge in [-0.25, -0.2) is 4.98 Å². The van der Waals surface area contributed by atoms with Crippen LogP contribution in [0.4, 0.5) is 0 Å². The Bertz CT molecular complexity index is 516. The summed E-state index contributed by atoms with van der Waals surface area (Å²) in [7, 11) is 4.04. The van der Waals surface area contributed by atoms with E-state index < -0.39 is 5.91 Å². The van der Waals surface area contributed by atoms with Gasteiger partial charge in [0.25, 0.3) is 11.8 Å². The standard InChI is InChI=1S/C14H20N4O2/c1-17(2)10-5-4-8-18(9-10)14(20)12-7-3-6-11(16-12)13(15)19/h3,6-7,10H,4-5,8-9H2,1-2H3,(H2,15,19). The number of nitrogens with zero attached hydrogens (tertiary/aromatic N) is 3. The summed E-state index contributed by atoms with van der Waals surface area (Å²) in [5.74, 6) is -0.760. The van der Waals surface area contributed by atoms with Crippen LogP contribution in [0.3, 0.4) is 0 Å². The van der Waals surface area contributed by atoms with E-state index in [1.807, 2.05) is 14.1 Å². The highest BCUT2D eigenvalue weighted by Gasteiger charge is 2.26. The Labute approximate surface area is 118 Å². The molecule has 2 rings (SSSR count). The number of piperidine rings is 1. The average molecular weight is 276 g/mol. The number of pyridine rings is 1. The first-order valence-corrected chi connectivity index (χ1v) is 6.71. The smallest absolute Gasteiger partial charge is 0.272 e. The molecule has 1 aromatic rings. The van der Waals surface area contributed by atoms with Crippen molar-refractivity contribution < 1.29 is 9.59 Å². The lowest BCUT2D eigenvalue weighted by atomic mass is 10.0. The van der Waals surface area contributed by atoms with Crippen LogP contribution in [-0.2, 0) is 0 Å². The van der Waals surface area contributed by atoms with E-state index in [2.05, 4.69) is 9.88 Å². The first-order valence-electron chi connectivity index (χ1n) is 6.71. The van der Waals surface area contributed by atoms with E-state index >= 15 is 0 Å². The highest BCUT2D eigenvalue weighted by Crippen LogP contribution is 2.16.